The summed E-state index contributed by atoms with van der Waals surface area (Å²) >= 11 is 0. The zero-order valence-electron chi connectivity index (χ0n) is 36.8. The van der Waals surface area contributed by atoms with E-state index in [0.717, 1.165) is 37.7 Å². The quantitative estimate of drug-likeness (QED) is 0.155. The molecular formula is C51H63N3O6S3. The number of allylic oxidation sites excluding steroid dienone is 3. The van der Waals surface area contributed by atoms with Crippen molar-refractivity contribution in [2.45, 2.75) is 104 Å². The Balaban J connectivity index is 0.000000157. The van der Waals surface area contributed by atoms with Gasteiger partial charge in [0, 0.05) is 20.1 Å². The number of hydrogen-bond donors (Lipinski definition) is 1. The van der Waals surface area contributed by atoms with Crippen molar-refractivity contribution in [1.82, 2.24) is 13.3 Å². The number of fused-ring (bicyclic) bond motifs is 2. The highest BCUT2D eigenvalue weighted by atomic mass is 32.2. The zero-order valence-corrected chi connectivity index (χ0v) is 39.2. The Bertz CT molecular complexity index is 2520. The third kappa shape index (κ3) is 14.2. The molecule has 5 aromatic carbocycles. The third-order valence-corrected chi connectivity index (χ3v) is 16.8. The summed E-state index contributed by atoms with van der Waals surface area (Å²) in [5.74, 6) is 0. The molecule has 2 unspecified atom stereocenters. The van der Waals surface area contributed by atoms with Crippen LogP contribution in [0.15, 0.2) is 179 Å². The molecule has 9 rings (SSSR count). The van der Waals surface area contributed by atoms with Crippen LogP contribution in [0.1, 0.15) is 86.1 Å². The first-order valence-electron chi connectivity index (χ1n) is 21.9. The lowest BCUT2D eigenvalue weighted by molar-refractivity contribution is 0.374. The molecule has 0 fully saturated rings. The van der Waals surface area contributed by atoms with E-state index in [1.807, 2.05) is 36.4 Å². The lowest BCUT2D eigenvalue weighted by Crippen LogP contribution is -2.36. The van der Waals surface area contributed by atoms with Gasteiger partial charge in [-0.1, -0.05) is 127 Å². The van der Waals surface area contributed by atoms with E-state index in [-0.39, 0.29) is 12.1 Å². The first kappa shape index (κ1) is 49.3. The third-order valence-electron chi connectivity index (χ3n) is 11.6. The Morgan fingerprint density at radius 2 is 0.905 bits per heavy atom. The summed E-state index contributed by atoms with van der Waals surface area (Å²) in [5.41, 5.74) is 5.53. The van der Waals surface area contributed by atoms with Crippen molar-refractivity contribution in [3.05, 3.63) is 186 Å². The van der Waals surface area contributed by atoms with Crippen LogP contribution in [0, 0.1) is 0 Å². The fraction of sp³-hybridized carbons (Fsp3) is 0.333. The van der Waals surface area contributed by atoms with E-state index in [2.05, 4.69) is 53.3 Å². The van der Waals surface area contributed by atoms with Crippen LogP contribution in [-0.2, 0) is 49.3 Å². The average Bonchev–Trinajstić information content (AvgIpc) is 4.02. The Hall–Kier alpha value is -4.69. The van der Waals surface area contributed by atoms with Crippen LogP contribution in [0.4, 0.5) is 0 Å². The summed E-state index contributed by atoms with van der Waals surface area (Å²) in [5, 5.41) is 0. The van der Waals surface area contributed by atoms with E-state index in [4.69, 9.17) is 0 Å². The second kappa shape index (κ2) is 24.4. The molecule has 2 atom stereocenters. The van der Waals surface area contributed by atoms with E-state index in [9.17, 15) is 25.3 Å². The molecule has 0 radical (unpaired) electrons. The van der Waals surface area contributed by atoms with Crippen LogP contribution in [0.25, 0.3) is 0 Å². The van der Waals surface area contributed by atoms with Crippen molar-refractivity contribution in [2.24, 2.45) is 0 Å². The van der Waals surface area contributed by atoms with Gasteiger partial charge in [0.05, 0.1) is 20.7 Å². The summed E-state index contributed by atoms with van der Waals surface area (Å²) in [6.07, 6.45) is 22.8. The Morgan fingerprint density at radius 1 is 0.460 bits per heavy atom. The van der Waals surface area contributed by atoms with Gasteiger partial charge in [-0.3, -0.25) is 0 Å². The average molecular weight is 910 g/mol. The van der Waals surface area contributed by atoms with Crippen LogP contribution < -0.4 is 4.72 Å². The molecule has 0 bridgehead atoms. The van der Waals surface area contributed by atoms with E-state index in [1.165, 1.54) is 66.2 Å². The number of likely N-dealkylation sites (N-methyl/N-ethyl adjacent to an activating group) is 1. The van der Waals surface area contributed by atoms with Gasteiger partial charge in [-0.05, 0) is 143 Å². The number of nitrogens with one attached hydrogen (secondary N) is 1. The lowest BCUT2D eigenvalue weighted by Gasteiger charge is -2.26. The van der Waals surface area contributed by atoms with Crippen molar-refractivity contribution < 1.29 is 25.3 Å². The van der Waals surface area contributed by atoms with Crippen LogP contribution in [0.2, 0.25) is 0 Å². The summed E-state index contributed by atoms with van der Waals surface area (Å²) in [7, 11) is -5.31. The summed E-state index contributed by atoms with van der Waals surface area (Å²) in [6.45, 7) is 0. The van der Waals surface area contributed by atoms with Crippen LogP contribution in [0.5, 0.6) is 0 Å². The maximum atomic E-state index is 12.7. The fourth-order valence-electron chi connectivity index (χ4n) is 7.87. The SMILES string of the molecule is C1=CCCCC1.CN(C1C=CCCC1)S(=O)(=O)c1ccccc1.CN(C1CCc2ccccc21)S(=O)(=O)c1ccccc1.CNS(=O)(=O)c1ccccc1.c1ccc2c(c1)CCC2. The molecular weight excluding hydrogens is 847 g/mol. The Kier molecular flexibility index (Phi) is 19.1. The topological polar surface area (TPSA) is 121 Å². The second-order valence-electron chi connectivity index (χ2n) is 15.7. The van der Waals surface area contributed by atoms with Gasteiger partial charge in [0.15, 0.2) is 0 Å². The van der Waals surface area contributed by atoms with Gasteiger partial charge in [0.2, 0.25) is 30.1 Å². The molecule has 9 nitrogen and oxygen atoms in total. The zero-order chi connectivity index (χ0) is 45.1. The van der Waals surface area contributed by atoms with E-state index >= 15 is 0 Å². The largest absolute Gasteiger partial charge is 0.243 e. The van der Waals surface area contributed by atoms with Gasteiger partial charge < -0.3 is 0 Å². The van der Waals surface area contributed by atoms with Gasteiger partial charge in [0.25, 0.3) is 0 Å². The van der Waals surface area contributed by atoms with Gasteiger partial charge in [-0.25, -0.2) is 30.0 Å². The van der Waals surface area contributed by atoms with Gasteiger partial charge in [0.1, 0.15) is 0 Å². The van der Waals surface area contributed by atoms with Crippen LogP contribution in [-0.4, -0.2) is 61.0 Å². The smallest absolute Gasteiger partial charge is 0.214 e. The van der Waals surface area contributed by atoms with Crippen molar-refractivity contribution in [2.75, 3.05) is 21.1 Å². The van der Waals surface area contributed by atoms with Crippen molar-refractivity contribution in [3.63, 3.8) is 0 Å². The maximum absolute atomic E-state index is 12.7. The maximum Gasteiger partial charge on any atom is 0.243 e. The number of hydrogen-bond acceptors (Lipinski definition) is 6. The Morgan fingerprint density at radius 3 is 1.37 bits per heavy atom. The molecule has 4 aliphatic carbocycles. The molecule has 336 valence electrons. The highest BCUT2D eigenvalue weighted by molar-refractivity contribution is 7.89. The van der Waals surface area contributed by atoms with Gasteiger partial charge >= 0.3 is 0 Å². The monoisotopic (exact) mass is 909 g/mol. The van der Waals surface area contributed by atoms with Crippen LogP contribution >= 0.6 is 0 Å². The minimum absolute atomic E-state index is 0.00560. The predicted octanol–water partition coefficient (Wildman–Crippen LogP) is 10.3. The normalized spacial score (nSPS) is 17.6. The van der Waals surface area contributed by atoms with Gasteiger partial charge in [-0.2, -0.15) is 8.61 Å². The molecule has 0 saturated heterocycles. The number of nitrogens with zero attached hydrogens (tertiary/aromatic N) is 2. The summed E-state index contributed by atoms with van der Waals surface area (Å²) in [6, 6.07) is 42.2. The first-order valence-corrected chi connectivity index (χ1v) is 26.2. The molecule has 5 aromatic rings. The molecule has 4 aliphatic rings. The molecule has 0 heterocycles. The molecule has 0 amide bonds. The molecule has 63 heavy (non-hydrogen) atoms. The minimum atomic E-state index is -3.43. The number of rotatable bonds is 8. The van der Waals surface area contributed by atoms with Crippen LogP contribution in [0.3, 0.4) is 0 Å². The summed E-state index contributed by atoms with van der Waals surface area (Å²) < 4.78 is 77.3. The second-order valence-corrected chi connectivity index (χ2v) is 21.6. The van der Waals surface area contributed by atoms with E-state index in [1.54, 1.807) is 104 Å². The molecule has 1 N–H and O–H groups in total. The highest BCUT2D eigenvalue weighted by Crippen LogP contribution is 2.37. The fourth-order valence-corrected chi connectivity index (χ4v) is 11.4. The molecule has 12 heteroatoms. The highest BCUT2D eigenvalue weighted by Gasteiger charge is 2.33. The molecule has 0 aromatic heterocycles. The number of sulfonamides is 3. The van der Waals surface area contributed by atoms with Crippen molar-refractivity contribution in [3.8, 4) is 0 Å². The number of aryl methyl sites for hydroxylation is 3. The predicted molar refractivity (Wildman–Crippen MR) is 256 cm³/mol. The number of benzene rings is 5. The molecule has 0 aliphatic heterocycles. The van der Waals surface area contributed by atoms with E-state index < -0.39 is 30.1 Å². The Labute approximate surface area is 377 Å². The van der Waals surface area contributed by atoms with Gasteiger partial charge in [-0.15, -0.1) is 0 Å². The minimum Gasteiger partial charge on any atom is -0.214 e. The summed E-state index contributed by atoms with van der Waals surface area (Å²) in [4.78, 5) is 1.01. The first-order chi connectivity index (χ1) is 30.4. The van der Waals surface area contributed by atoms with E-state index in [0.29, 0.717) is 14.7 Å². The van der Waals surface area contributed by atoms with Crippen molar-refractivity contribution in [1.29, 1.82) is 0 Å². The molecule has 0 spiro atoms. The van der Waals surface area contributed by atoms with Crippen molar-refractivity contribution >= 4 is 30.1 Å². The lowest BCUT2D eigenvalue weighted by atomic mass is 10.0. The standard InChI is InChI=1S/C16H17NO2S.C13H17NO2S.C9H10.C7H9NO2S.C6H10/c1-17(20(18,19)14-8-3-2-4-9-14)16-12-11-13-7-5-6-10-15(13)16;1-14(12-8-4-2-5-9-12)17(15,16)13-10-6-3-7-11-13;1-2-5-9-7-3-6-8(9)4-1;1-8-11(9,10)7-5-3-2-4-6-7;1-2-4-6-5-3-1/h2-10,16H,11-12H2,1H3;3-4,6-8,10-12H,2,5,9H2,1H3;1-2,4-5H,3,6-7H2;2-6,8H,1H3;1-2H,3-6H2. The molecule has 0 saturated carbocycles.